The lowest BCUT2D eigenvalue weighted by molar-refractivity contribution is 1.17. The Hall–Kier alpha value is -16.8. The third-order valence-electron chi connectivity index (χ3n) is 28.2. The van der Waals surface area contributed by atoms with Gasteiger partial charge < -0.3 is 27.4 Å². The van der Waals surface area contributed by atoms with Crippen molar-refractivity contribution in [2.45, 2.75) is 55.4 Å². The van der Waals surface area contributed by atoms with E-state index in [1.165, 1.54) is 242 Å². The number of para-hydroxylation sites is 6. The van der Waals surface area contributed by atoms with E-state index in [4.69, 9.17) is 0 Å². The average Bonchev–Trinajstić information content (AvgIpc) is 1.60. The van der Waals surface area contributed by atoms with E-state index in [2.05, 4.69) is 507 Å². The highest BCUT2D eigenvalue weighted by molar-refractivity contribution is 6.15. The van der Waals surface area contributed by atoms with E-state index in [0.717, 1.165) is 34.1 Å². The van der Waals surface area contributed by atoms with Crippen molar-refractivity contribution in [2.75, 3.05) is 0 Å². The summed E-state index contributed by atoms with van der Waals surface area (Å²) in [6, 6.07) is 158. The lowest BCUT2D eigenvalue weighted by atomic mass is 9.90. The van der Waals surface area contributed by atoms with Crippen LogP contribution in [0, 0.1) is 55.4 Å². The van der Waals surface area contributed by atoms with Crippen molar-refractivity contribution in [3.8, 4) is 101 Å². The zero-order valence-corrected chi connectivity index (χ0v) is 76.1. The van der Waals surface area contributed by atoms with Crippen LogP contribution in [-0.4, -0.2) is 27.4 Å². The van der Waals surface area contributed by atoms with Gasteiger partial charge in [-0.05, 0) is 352 Å². The molecule has 20 aromatic carbocycles. The first-order valence-corrected chi connectivity index (χ1v) is 46.6. The molecule has 636 valence electrons. The van der Waals surface area contributed by atoms with Crippen molar-refractivity contribution >= 4 is 131 Å². The minimum Gasteiger partial charge on any atom is -0.309 e. The predicted molar refractivity (Wildman–Crippen MR) is 569 cm³/mol. The molecule has 0 saturated carbocycles. The molecule has 0 saturated heterocycles. The number of benzene rings is 20. The lowest BCUT2D eigenvalue weighted by Gasteiger charge is -2.17. The number of fused-ring (bicyclic) bond motifs is 18. The molecule has 0 aliphatic rings. The fourth-order valence-electron chi connectivity index (χ4n) is 21.9. The second kappa shape index (κ2) is 31.5. The normalized spacial score (nSPS) is 11.9. The van der Waals surface area contributed by atoms with Crippen LogP contribution in [0.15, 0.2) is 425 Å². The van der Waals surface area contributed by atoms with Gasteiger partial charge in [-0.15, -0.1) is 0 Å². The molecule has 26 aromatic rings. The Kier molecular flexibility index (Phi) is 18.7. The van der Waals surface area contributed by atoms with Gasteiger partial charge in [0.2, 0.25) is 0 Å². The third-order valence-corrected chi connectivity index (χ3v) is 28.2. The molecule has 6 nitrogen and oxygen atoms in total. The molecule has 6 heteroatoms. The van der Waals surface area contributed by atoms with Crippen molar-refractivity contribution in [1.29, 1.82) is 0 Å². The second-order valence-corrected chi connectivity index (χ2v) is 37.0. The Morgan fingerprint density at radius 2 is 0.291 bits per heavy atom. The number of rotatable bonds is 12. The van der Waals surface area contributed by atoms with E-state index in [0.29, 0.717) is 0 Å². The molecule has 26 rings (SSSR count). The largest absolute Gasteiger partial charge is 0.309 e. The summed E-state index contributed by atoms with van der Waals surface area (Å²) < 4.78 is 14.4. The molecule has 0 N–H and O–H groups in total. The van der Waals surface area contributed by atoms with E-state index in [-0.39, 0.29) is 0 Å². The fraction of sp³-hybridized carbons (Fsp3) is 0.0625. The minimum atomic E-state index is 1.15. The molecule has 6 aromatic heterocycles. The average molecular weight is 1720 g/mol. The number of nitrogens with zero attached hydrogens (tertiary/aromatic N) is 6. The van der Waals surface area contributed by atoms with Crippen LogP contribution in [0.25, 0.3) is 232 Å². The molecule has 0 bridgehead atoms. The molecule has 0 aliphatic heterocycles. The number of hydrogen-bond acceptors (Lipinski definition) is 0. The van der Waals surface area contributed by atoms with Gasteiger partial charge in [0.05, 0.1) is 66.2 Å². The van der Waals surface area contributed by atoms with Crippen LogP contribution in [0.5, 0.6) is 0 Å². The number of aromatic nitrogens is 6. The fourth-order valence-corrected chi connectivity index (χ4v) is 21.9. The van der Waals surface area contributed by atoms with Crippen LogP contribution in [0.1, 0.15) is 44.5 Å². The Labute approximate surface area is 778 Å². The van der Waals surface area contributed by atoms with E-state index in [1.807, 2.05) is 0 Å². The highest BCUT2D eigenvalue weighted by Crippen LogP contribution is 2.45. The lowest BCUT2D eigenvalue weighted by Crippen LogP contribution is -1.97. The van der Waals surface area contributed by atoms with E-state index in [9.17, 15) is 0 Å². The molecule has 0 aliphatic carbocycles. The predicted octanol–water partition coefficient (Wildman–Crippen LogP) is 34.4. The van der Waals surface area contributed by atoms with E-state index >= 15 is 0 Å². The van der Waals surface area contributed by atoms with Crippen LogP contribution in [0.4, 0.5) is 0 Å². The molecular weight excluding hydrogens is 1620 g/mol. The summed E-state index contributed by atoms with van der Waals surface area (Å²) in [6.45, 7) is 17.6. The molecule has 0 atom stereocenters. The van der Waals surface area contributed by atoms with Crippen LogP contribution in [0.3, 0.4) is 0 Å². The van der Waals surface area contributed by atoms with Gasteiger partial charge in [-0.3, -0.25) is 0 Å². The molecule has 0 radical (unpaired) electrons. The van der Waals surface area contributed by atoms with Gasteiger partial charge in [0.25, 0.3) is 0 Å². The van der Waals surface area contributed by atoms with Crippen LogP contribution < -0.4 is 0 Å². The van der Waals surface area contributed by atoms with Crippen molar-refractivity contribution in [3.05, 3.63) is 469 Å². The summed E-state index contributed by atoms with van der Waals surface area (Å²) in [5.74, 6) is 0. The van der Waals surface area contributed by atoms with E-state index < -0.39 is 0 Å². The molecule has 0 unspecified atom stereocenters. The first-order valence-electron chi connectivity index (χ1n) is 46.6. The molecule has 0 fully saturated rings. The standard InChI is InChI=1S/C66H51N3.C62H43N3/c1-40-7-25-61-55(31-40)56-32-41(2)8-26-62(56)67(61)52-19-13-46(14-20-52)49-37-50(47-15-21-53(22-16-47)68-63-27-9-42(3)33-57(63)58-34-43(4)10-28-64(58)68)39-51(38-49)48-17-23-54(24-18-48)69-65-29-11-44(5)35-59(65)60-36-45(6)12-30-66(60)69;1-40-35-47(64-59-23-11-5-17-53(59)54-18-6-12-24-60(54)64)31-33-49(40)44-37-43(42-27-29-46(30-28-42)63-57-21-9-3-15-51(57)52-16-4-10-22-58(52)63)38-45(39-44)50-34-32-48(36-41(50)2)65-61-25-13-7-19-55(61)56-20-8-14-26-62(56)65/h7-39H,1-6H3;3-39H,1-2H3. The van der Waals surface area contributed by atoms with E-state index in [1.54, 1.807) is 0 Å². The molecule has 0 amide bonds. The number of hydrogen-bond donors (Lipinski definition) is 0. The topological polar surface area (TPSA) is 29.6 Å². The Morgan fingerprint density at radius 3 is 0.500 bits per heavy atom. The van der Waals surface area contributed by atoms with Gasteiger partial charge in [-0.1, -0.05) is 240 Å². The van der Waals surface area contributed by atoms with Gasteiger partial charge in [0, 0.05) is 98.8 Å². The van der Waals surface area contributed by atoms with Gasteiger partial charge >= 0.3 is 0 Å². The van der Waals surface area contributed by atoms with Crippen LogP contribution >= 0.6 is 0 Å². The highest BCUT2D eigenvalue weighted by atomic mass is 15.0. The zero-order chi connectivity index (χ0) is 89.8. The van der Waals surface area contributed by atoms with Gasteiger partial charge in [-0.25, -0.2) is 0 Å². The highest BCUT2D eigenvalue weighted by Gasteiger charge is 2.23. The molecule has 0 spiro atoms. The summed E-state index contributed by atoms with van der Waals surface area (Å²) in [7, 11) is 0. The Morgan fingerprint density at radius 1 is 0.119 bits per heavy atom. The van der Waals surface area contributed by atoms with Crippen LogP contribution in [0.2, 0.25) is 0 Å². The molecular formula is C128H94N6. The quantitative estimate of drug-likeness (QED) is 0.117. The number of aryl methyl sites for hydroxylation is 8. The maximum Gasteiger partial charge on any atom is 0.0541 e. The zero-order valence-electron chi connectivity index (χ0n) is 76.1. The second-order valence-electron chi connectivity index (χ2n) is 37.0. The minimum absolute atomic E-state index is 1.15. The summed E-state index contributed by atoms with van der Waals surface area (Å²) >= 11 is 0. The monoisotopic (exact) mass is 1710 g/mol. The summed E-state index contributed by atoms with van der Waals surface area (Å²) in [5.41, 5.74) is 45.9. The molecule has 134 heavy (non-hydrogen) atoms. The Bertz CT molecular complexity index is 8350. The van der Waals surface area contributed by atoms with Crippen LogP contribution in [-0.2, 0) is 0 Å². The Balaban J connectivity index is 0.000000144. The van der Waals surface area contributed by atoms with Crippen molar-refractivity contribution in [1.82, 2.24) is 27.4 Å². The third kappa shape index (κ3) is 13.2. The first-order chi connectivity index (χ1) is 65.7. The van der Waals surface area contributed by atoms with Crippen molar-refractivity contribution < 1.29 is 0 Å². The summed E-state index contributed by atoms with van der Waals surface area (Å²) in [4.78, 5) is 0. The SMILES string of the molecule is Cc1cc(-n2c3ccccc3c3ccccc32)ccc1-c1cc(-c2ccc(-n3c4ccccc4c4ccccc43)cc2)cc(-c2ccc(-n3c4ccccc4c4ccccc43)cc2C)c1.Cc1ccc2c(c1)c1cc(C)ccc1n2-c1ccc(-c2cc(-c3ccc(-n4c5ccc(C)cc5c5cc(C)ccc54)cc3)cc(-c3ccc(-n4c5ccc(C)cc5c5cc(C)ccc54)cc3)c2)cc1. The van der Waals surface area contributed by atoms with Crippen molar-refractivity contribution in [2.24, 2.45) is 0 Å². The summed E-state index contributed by atoms with van der Waals surface area (Å²) in [6.07, 6.45) is 0. The summed E-state index contributed by atoms with van der Waals surface area (Å²) in [5, 5.41) is 15.4. The maximum absolute atomic E-state index is 2.41. The molecule has 6 heterocycles. The maximum atomic E-state index is 2.41. The first kappa shape index (κ1) is 79.4. The smallest absolute Gasteiger partial charge is 0.0541 e. The van der Waals surface area contributed by atoms with Gasteiger partial charge in [0.1, 0.15) is 0 Å². The van der Waals surface area contributed by atoms with Crippen molar-refractivity contribution in [3.63, 3.8) is 0 Å². The van der Waals surface area contributed by atoms with Gasteiger partial charge in [0.15, 0.2) is 0 Å². The van der Waals surface area contributed by atoms with Gasteiger partial charge in [-0.2, -0.15) is 0 Å².